The second-order valence-corrected chi connectivity index (χ2v) is 9.98. The molecule has 3 rings (SSSR count). The van der Waals surface area contributed by atoms with Gasteiger partial charge in [0.1, 0.15) is 0 Å². The summed E-state index contributed by atoms with van der Waals surface area (Å²) >= 11 is 1.19. The maximum atomic E-state index is 13.3. The van der Waals surface area contributed by atoms with Gasteiger partial charge in [-0.2, -0.15) is 13.2 Å². The van der Waals surface area contributed by atoms with Gasteiger partial charge < -0.3 is 9.14 Å². The number of sulfone groups is 1. The molecule has 0 bridgehead atoms. The van der Waals surface area contributed by atoms with E-state index in [2.05, 4.69) is 0 Å². The lowest BCUT2D eigenvalue weighted by Gasteiger charge is -2.10. The van der Waals surface area contributed by atoms with E-state index in [1.807, 2.05) is 0 Å². The van der Waals surface area contributed by atoms with Crippen LogP contribution in [0.3, 0.4) is 0 Å². The van der Waals surface area contributed by atoms with Gasteiger partial charge in [-0.05, 0) is 61.4 Å². The number of hydrogen-bond acceptors (Lipinski definition) is 5. The van der Waals surface area contributed by atoms with Gasteiger partial charge in [-0.15, -0.1) is 0 Å². The van der Waals surface area contributed by atoms with Gasteiger partial charge in [0.05, 0.1) is 34.0 Å². The molecule has 31 heavy (non-hydrogen) atoms. The molecule has 3 aromatic rings. The number of halogens is 3. The molecule has 0 N–H and O–H groups in total. The van der Waals surface area contributed by atoms with Crippen LogP contribution in [0, 0.1) is 6.92 Å². The average Bonchev–Trinajstić information content (AvgIpc) is 2.92. The van der Waals surface area contributed by atoms with Crippen LogP contribution in [0.25, 0.3) is 5.52 Å². The quantitative estimate of drug-likeness (QED) is 0.477. The Labute approximate surface area is 182 Å². The van der Waals surface area contributed by atoms with Crippen molar-refractivity contribution in [1.29, 1.82) is 0 Å². The molecule has 166 valence electrons. The van der Waals surface area contributed by atoms with E-state index >= 15 is 0 Å². The van der Waals surface area contributed by atoms with Crippen molar-refractivity contribution in [3.8, 4) is 0 Å². The van der Waals surface area contributed by atoms with Crippen LogP contribution in [-0.2, 0) is 32.0 Å². The number of alkyl halides is 3. The highest BCUT2D eigenvalue weighted by molar-refractivity contribution is 7.99. The zero-order valence-corrected chi connectivity index (χ0v) is 18.6. The minimum atomic E-state index is -4.52. The number of benzene rings is 1. The Morgan fingerprint density at radius 2 is 1.77 bits per heavy atom. The Morgan fingerprint density at radius 1 is 1.13 bits per heavy atom. The Bertz CT molecular complexity index is 1230. The summed E-state index contributed by atoms with van der Waals surface area (Å²) in [5, 5.41) is 0.507. The van der Waals surface area contributed by atoms with E-state index in [1.54, 1.807) is 26.0 Å². The van der Waals surface area contributed by atoms with Crippen LogP contribution in [-0.4, -0.2) is 31.7 Å². The molecule has 0 radical (unpaired) electrons. The normalized spacial score (nSPS) is 12.3. The van der Waals surface area contributed by atoms with Gasteiger partial charge in [-0.3, -0.25) is 4.79 Å². The summed E-state index contributed by atoms with van der Waals surface area (Å²) in [6, 6.07) is 8.42. The number of hydrogen-bond donors (Lipinski definition) is 0. The minimum Gasteiger partial charge on any atom is -0.466 e. The third kappa shape index (κ3) is 5.07. The van der Waals surface area contributed by atoms with Crippen LogP contribution in [0.5, 0.6) is 0 Å². The van der Waals surface area contributed by atoms with Crippen LogP contribution in [0.1, 0.15) is 23.6 Å². The highest BCUT2D eigenvalue weighted by Crippen LogP contribution is 2.38. The zero-order valence-electron chi connectivity index (χ0n) is 17.0. The first-order valence-electron chi connectivity index (χ1n) is 9.26. The number of rotatable bonds is 6. The van der Waals surface area contributed by atoms with Gasteiger partial charge in [-0.25, -0.2) is 8.42 Å². The lowest BCUT2D eigenvalue weighted by atomic mass is 10.1. The molecule has 5 nitrogen and oxygen atoms in total. The number of esters is 1. The largest absolute Gasteiger partial charge is 0.466 e. The molecule has 2 heterocycles. The van der Waals surface area contributed by atoms with E-state index in [9.17, 15) is 26.4 Å². The molecule has 0 fully saturated rings. The number of carbonyl (C=O) groups is 1. The highest BCUT2D eigenvalue weighted by Gasteiger charge is 2.32. The summed E-state index contributed by atoms with van der Waals surface area (Å²) in [6.07, 6.45) is -2.49. The van der Waals surface area contributed by atoms with E-state index in [0.717, 1.165) is 18.5 Å². The summed E-state index contributed by atoms with van der Waals surface area (Å²) in [5.41, 5.74) is 0.910. The Morgan fingerprint density at radius 3 is 2.32 bits per heavy atom. The Kier molecular flexibility index (Phi) is 6.43. The highest BCUT2D eigenvalue weighted by atomic mass is 32.2. The number of nitrogens with zero attached hydrogens (tertiary/aromatic N) is 1. The summed E-state index contributed by atoms with van der Waals surface area (Å²) in [7, 11) is -3.36. The molecule has 0 saturated heterocycles. The van der Waals surface area contributed by atoms with Crippen LogP contribution < -0.4 is 0 Å². The lowest BCUT2D eigenvalue weighted by molar-refractivity contribution is -0.142. The predicted octanol–water partition coefficient (Wildman–Crippen LogP) is 4.93. The smallest absolute Gasteiger partial charge is 0.417 e. The van der Waals surface area contributed by atoms with Crippen molar-refractivity contribution >= 4 is 33.1 Å². The first kappa shape index (κ1) is 23.2. The first-order valence-corrected chi connectivity index (χ1v) is 12.0. The fraction of sp³-hybridized carbons (Fsp3) is 0.286. The maximum absolute atomic E-state index is 13.3. The van der Waals surface area contributed by atoms with Gasteiger partial charge in [-0.1, -0.05) is 11.8 Å². The molecule has 0 spiro atoms. The van der Waals surface area contributed by atoms with E-state index in [-0.39, 0.29) is 17.9 Å². The molecule has 0 amide bonds. The standard InChI is InChI=1S/C21H20F3NO4S2/c1-4-29-19(26)11-17-13(2)20(25-12-14(21(22,23)24)5-10-18(17)25)30-15-6-8-16(9-7-15)31(3,27)28/h5-10,12H,4,11H2,1-3H3. The maximum Gasteiger partial charge on any atom is 0.417 e. The number of pyridine rings is 1. The second kappa shape index (κ2) is 8.58. The third-order valence-corrected chi connectivity index (χ3v) is 7.00. The van der Waals surface area contributed by atoms with Crippen LogP contribution >= 0.6 is 11.8 Å². The molecule has 2 aromatic heterocycles. The van der Waals surface area contributed by atoms with Gasteiger partial charge in [0.15, 0.2) is 9.84 Å². The molecule has 1 aromatic carbocycles. The predicted molar refractivity (Wildman–Crippen MR) is 111 cm³/mol. The zero-order chi connectivity index (χ0) is 23.0. The van der Waals surface area contributed by atoms with Crippen LogP contribution in [0.2, 0.25) is 0 Å². The van der Waals surface area contributed by atoms with Gasteiger partial charge in [0.25, 0.3) is 0 Å². The molecular weight excluding hydrogens is 451 g/mol. The fourth-order valence-electron chi connectivity index (χ4n) is 3.16. The molecule has 0 saturated carbocycles. The van der Waals surface area contributed by atoms with Crippen molar-refractivity contribution in [2.24, 2.45) is 0 Å². The topological polar surface area (TPSA) is 64.9 Å². The van der Waals surface area contributed by atoms with Crippen LogP contribution in [0.4, 0.5) is 13.2 Å². The van der Waals surface area contributed by atoms with Gasteiger partial charge in [0, 0.05) is 17.3 Å². The molecule has 0 aliphatic heterocycles. The summed E-state index contributed by atoms with van der Waals surface area (Å²) in [5.74, 6) is -0.466. The van der Waals surface area contributed by atoms with Crippen molar-refractivity contribution in [3.05, 3.63) is 59.3 Å². The Hall–Kier alpha value is -2.46. The van der Waals surface area contributed by atoms with Crippen molar-refractivity contribution in [3.63, 3.8) is 0 Å². The first-order chi connectivity index (χ1) is 14.4. The number of fused-ring (bicyclic) bond motifs is 1. The SMILES string of the molecule is CCOC(=O)Cc1c(C)c(Sc2ccc(S(C)(=O)=O)cc2)n2cc(C(F)(F)F)ccc12. The summed E-state index contributed by atoms with van der Waals surface area (Å²) in [4.78, 5) is 12.9. The summed E-state index contributed by atoms with van der Waals surface area (Å²) in [6.45, 7) is 3.62. The van der Waals surface area contributed by atoms with Crippen LogP contribution in [0.15, 0.2) is 57.4 Å². The van der Waals surface area contributed by atoms with Crippen molar-refractivity contribution in [2.75, 3.05) is 12.9 Å². The average molecular weight is 472 g/mol. The lowest BCUT2D eigenvalue weighted by Crippen LogP contribution is -2.08. The number of aromatic nitrogens is 1. The molecule has 0 atom stereocenters. The molecule has 0 aliphatic rings. The monoisotopic (exact) mass is 471 g/mol. The minimum absolute atomic E-state index is 0.0673. The van der Waals surface area contributed by atoms with Crippen molar-refractivity contribution < 1.29 is 31.1 Å². The van der Waals surface area contributed by atoms with E-state index in [0.29, 0.717) is 26.6 Å². The molecule has 10 heteroatoms. The fourth-order valence-corrected chi connectivity index (χ4v) is 4.81. The Balaban J connectivity index is 2.11. The van der Waals surface area contributed by atoms with Crippen molar-refractivity contribution in [1.82, 2.24) is 4.40 Å². The van der Waals surface area contributed by atoms with E-state index in [4.69, 9.17) is 4.74 Å². The molecule has 0 unspecified atom stereocenters. The molecular formula is C21H20F3NO4S2. The summed E-state index contributed by atoms with van der Waals surface area (Å²) < 4.78 is 69.6. The van der Waals surface area contributed by atoms with Crippen molar-refractivity contribution in [2.45, 2.75) is 41.3 Å². The van der Waals surface area contributed by atoms with Gasteiger partial charge in [0.2, 0.25) is 0 Å². The second-order valence-electron chi connectivity index (χ2n) is 6.91. The van der Waals surface area contributed by atoms with E-state index < -0.39 is 27.5 Å². The third-order valence-electron chi connectivity index (χ3n) is 4.67. The van der Waals surface area contributed by atoms with E-state index in [1.165, 1.54) is 34.4 Å². The number of ether oxygens (including phenoxy) is 1. The molecule has 0 aliphatic carbocycles. The number of carbonyl (C=O) groups excluding carboxylic acids is 1. The van der Waals surface area contributed by atoms with Gasteiger partial charge >= 0.3 is 12.1 Å².